The number of carbonyl (C=O) groups is 1. The average molecular weight is 227 g/mol. The molecule has 4 nitrogen and oxygen atoms in total. The van der Waals surface area contributed by atoms with Gasteiger partial charge in [0.15, 0.2) is 0 Å². The van der Waals surface area contributed by atoms with E-state index in [1.165, 1.54) is 19.3 Å². The number of nitrogens with two attached hydrogens (primary N) is 1. The second kappa shape index (κ2) is 6.86. The molecule has 1 aliphatic rings. The minimum absolute atomic E-state index is 0.135. The predicted molar refractivity (Wildman–Crippen MR) is 66.2 cm³/mol. The van der Waals surface area contributed by atoms with Crippen molar-refractivity contribution >= 4 is 5.91 Å². The van der Waals surface area contributed by atoms with Crippen molar-refractivity contribution in [3.8, 4) is 0 Å². The zero-order valence-corrected chi connectivity index (χ0v) is 10.5. The first-order chi connectivity index (χ1) is 7.59. The fraction of sp³-hybridized carbons (Fsp3) is 0.917. The van der Waals surface area contributed by atoms with Gasteiger partial charge in [0, 0.05) is 25.0 Å². The van der Waals surface area contributed by atoms with Crippen molar-refractivity contribution in [2.24, 2.45) is 5.73 Å². The van der Waals surface area contributed by atoms with Gasteiger partial charge in [-0.2, -0.15) is 0 Å². The molecule has 1 fully saturated rings. The third-order valence-electron chi connectivity index (χ3n) is 3.20. The Morgan fingerprint density at radius 2 is 2.00 bits per heavy atom. The van der Waals surface area contributed by atoms with Crippen molar-refractivity contribution < 1.29 is 4.79 Å². The highest BCUT2D eigenvalue weighted by molar-refractivity contribution is 5.76. The topological polar surface area (TPSA) is 58.4 Å². The molecule has 4 heteroatoms. The van der Waals surface area contributed by atoms with Crippen molar-refractivity contribution in [3.63, 3.8) is 0 Å². The van der Waals surface area contributed by atoms with Gasteiger partial charge in [0.05, 0.1) is 0 Å². The predicted octanol–water partition coefficient (Wildman–Crippen LogP) is 0.714. The van der Waals surface area contributed by atoms with Gasteiger partial charge in [-0.1, -0.05) is 19.3 Å². The lowest BCUT2D eigenvalue weighted by molar-refractivity contribution is -0.122. The Morgan fingerprint density at radius 3 is 2.69 bits per heavy atom. The second-order valence-electron chi connectivity index (χ2n) is 5.03. The summed E-state index contributed by atoms with van der Waals surface area (Å²) in [6.45, 7) is 0.799. The lowest BCUT2D eigenvalue weighted by Crippen LogP contribution is -2.47. The maximum atomic E-state index is 11.7. The average Bonchev–Trinajstić information content (AvgIpc) is 2.42. The number of nitrogens with zero attached hydrogens (tertiary/aromatic N) is 1. The summed E-state index contributed by atoms with van der Waals surface area (Å²) in [6.07, 6.45) is 6.28. The summed E-state index contributed by atoms with van der Waals surface area (Å²) >= 11 is 0. The van der Waals surface area contributed by atoms with E-state index in [-0.39, 0.29) is 18.0 Å². The van der Waals surface area contributed by atoms with E-state index in [1.807, 2.05) is 19.0 Å². The molecule has 3 N–H and O–H groups in total. The fourth-order valence-corrected chi connectivity index (χ4v) is 2.12. The van der Waals surface area contributed by atoms with E-state index >= 15 is 0 Å². The summed E-state index contributed by atoms with van der Waals surface area (Å²) in [6, 6.07) is 0.336. The van der Waals surface area contributed by atoms with Crippen molar-refractivity contribution in [1.82, 2.24) is 10.2 Å². The number of rotatable bonds is 4. The molecule has 0 aliphatic heterocycles. The van der Waals surface area contributed by atoms with Crippen LogP contribution in [0.4, 0.5) is 0 Å². The molecule has 94 valence electrons. The van der Waals surface area contributed by atoms with Gasteiger partial charge in [-0.05, 0) is 26.9 Å². The Hall–Kier alpha value is -0.610. The van der Waals surface area contributed by atoms with Gasteiger partial charge in [0.25, 0.3) is 0 Å². The number of carbonyl (C=O) groups excluding carboxylic acids is 1. The van der Waals surface area contributed by atoms with Crippen LogP contribution < -0.4 is 11.1 Å². The molecular weight excluding hydrogens is 202 g/mol. The van der Waals surface area contributed by atoms with Crippen LogP contribution in [0, 0.1) is 0 Å². The van der Waals surface area contributed by atoms with E-state index in [0.29, 0.717) is 6.42 Å². The van der Waals surface area contributed by atoms with Gasteiger partial charge in [0.1, 0.15) is 0 Å². The van der Waals surface area contributed by atoms with Crippen molar-refractivity contribution in [1.29, 1.82) is 0 Å². The first-order valence-corrected chi connectivity index (χ1v) is 6.29. The molecule has 1 saturated carbocycles. The third kappa shape index (κ3) is 4.94. The van der Waals surface area contributed by atoms with E-state index < -0.39 is 0 Å². The molecule has 0 radical (unpaired) electrons. The summed E-state index contributed by atoms with van der Waals surface area (Å²) in [7, 11) is 3.95. The number of amides is 1. The lowest BCUT2D eigenvalue weighted by Gasteiger charge is -2.23. The monoisotopic (exact) mass is 227 g/mol. The number of nitrogens with one attached hydrogen (secondary N) is 1. The highest BCUT2D eigenvalue weighted by Gasteiger charge is 2.21. The summed E-state index contributed by atoms with van der Waals surface area (Å²) in [4.78, 5) is 13.7. The quantitative estimate of drug-likeness (QED) is 0.696. The van der Waals surface area contributed by atoms with Gasteiger partial charge in [0.2, 0.25) is 5.91 Å². The standard InChI is InChI=1S/C12H25N3O/c1-15(2)9-8-12(16)14-11-7-5-3-4-6-10(11)13/h10-11H,3-9,13H2,1-2H3,(H,14,16). The Labute approximate surface area is 98.6 Å². The van der Waals surface area contributed by atoms with E-state index in [1.54, 1.807) is 0 Å². The Morgan fingerprint density at radius 1 is 1.31 bits per heavy atom. The molecule has 2 atom stereocenters. The summed E-state index contributed by atoms with van der Waals surface area (Å²) in [5.74, 6) is 0.135. The zero-order chi connectivity index (χ0) is 12.0. The fourth-order valence-electron chi connectivity index (χ4n) is 2.12. The molecule has 1 rings (SSSR count). The van der Waals surface area contributed by atoms with Gasteiger partial charge in [-0.3, -0.25) is 4.79 Å². The highest BCUT2D eigenvalue weighted by atomic mass is 16.1. The zero-order valence-electron chi connectivity index (χ0n) is 10.5. The molecule has 0 bridgehead atoms. The Kier molecular flexibility index (Phi) is 5.77. The molecule has 16 heavy (non-hydrogen) atoms. The molecular formula is C12H25N3O. The maximum absolute atomic E-state index is 11.7. The molecule has 2 unspecified atom stereocenters. The molecule has 1 amide bonds. The molecule has 0 saturated heterocycles. The van der Waals surface area contributed by atoms with Crippen LogP contribution in [0.25, 0.3) is 0 Å². The van der Waals surface area contributed by atoms with Crippen molar-refractivity contribution in [2.75, 3.05) is 20.6 Å². The van der Waals surface area contributed by atoms with Crippen LogP contribution in [0.3, 0.4) is 0 Å². The Bertz CT molecular complexity index is 218. The first-order valence-electron chi connectivity index (χ1n) is 6.29. The van der Waals surface area contributed by atoms with E-state index in [2.05, 4.69) is 5.32 Å². The van der Waals surface area contributed by atoms with Gasteiger partial charge >= 0.3 is 0 Å². The Balaban J connectivity index is 2.30. The van der Waals surface area contributed by atoms with Gasteiger partial charge in [-0.15, -0.1) is 0 Å². The van der Waals surface area contributed by atoms with Gasteiger partial charge in [-0.25, -0.2) is 0 Å². The van der Waals surface area contributed by atoms with E-state index in [0.717, 1.165) is 19.4 Å². The molecule has 0 aromatic rings. The summed E-state index contributed by atoms with van der Waals surface area (Å²) in [5.41, 5.74) is 6.06. The van der Waals surface area contributed by atoms with Crippen molar-refractivity contribution in [3.05, 3.63) is 0 Å². The molecule has 1 aliphatic carbocycles. The van der Waals surface area contributed by atoms with Crippen molar-refractivity contribution in [2.45, 2.75) is 50.6 Å². The van der Waals surface area contributed by atoms with Crippen LogP contribution in [0.5, 0.6) is 0 Å². The van der Waals surface area contributed by atoms with Crippen LogP contribution in [0.1, 0.15) is 38.5 Å². The summed E-state index contributed by atoms with van der Waals surface area (Å²) < 4.78 is 0. The van der Waals surface area contributed by atoms with Crippen LogP contribution in [0.2, 0.25) is 0 Å². The smallest absolute Gasteiger partial charge is 0.221 e. The SMILES string of the molecule is CN(C)CCC(=O)NC1CCCCCC1N. The lowest BCUT2D eigenvalue weighted by atomic mass is 10.0. The van der Waals surface area contributed by atoms with E-state index in [9.17, 15) is 4.79 Å². The number of hydrogen-bond acceptors (Lipinski definition) is 3. The van der Waals surface area contributed by atoms with Crippen LogP contribution >= 0.6 is 0 Å². The van der Waals surface area contributed by atoms with Gasteiger partial charge < -0.3 is 16.0 Å². The number of hydrogen-bond donors (Lipinski definition) is 2. The van der Waals surface area contributed by atoms with Crippen LogP contribution in [0.15, 0.2) is 0 Å². The first kappa shape index (κ1) is 13.5. The minimum Gasteiger partial charge on any atom is -0.352 e. The third-order valence-corrected chi connectivity index (χ3v) is 3.20. The molecule has 0 aromatic heterocycles. The van der Waals surface area contributed by atoms with E-state index in [4.69, 9.17) is 5.73 Å². The summed E-state index contributed by atoms with van der Waals surface area (Å²) in [5, 5.41) is 3.07. The molecule has 0 heterocycles. The highest BCUT2D eigenvalue weighted by Crippen LogP contribution is 2.16. The minimum atomic E-state index is 0.135. The molecule has 0 spiro atoms. The van der Waals surface area contributed by atoms with Crippen LogP contribution in [-0.4, -0.2) is 43.5 Å². The maximum Gasteiger partial charge on any atom is 0.221 e. The largest absolute Gasteiger partial charge is 0.352 e. The second-order valence-corrected chi connectivity index (χ2v) is 5.03. The normalized spacial score (nSPS) is 26.5. The van der Waals surface area contributed by atoms with Crippen LogP contribution in [-0.2, 0) is 4.79 Å². The molecule has 0 aromatic carbocycles.